The predicted octanol–water partition coefficient (Wildman–Crippen LogP) is 3.91. The van der Waals surface area contributed by atoms with Crippen molar-refractivity contribution in [3.8, 4) is 0 Å². The van der Waals surface area contributed by atoms with Crippen molar-refractivity contribution in [3.05, 3.63) is 46.7 Å². The molecule has 0 atom stereocenters. The number of carbonyl (C=O) groups is 1. The Hall–Kier alpha value is -2.45. The number of hydrogen-bond donors (Lipinski definition) is 2. The van der Waals surface area contributed by atoms with Crippen LogP contribution in [0.4, 0.5) is 22.0 Å². The van der Waals surface area contributed by atoms with E-state index in [1.807, 2.05) is 0 Å². The number of benzene rings is 1. The number of rotatable bonds is 6. The quantitative estimate of drug-likeness (QED) is 0.268. The van der Waals surface area contributed by atoms with Gasteiger partial charge in [0.25, 0.3) is 6.43 Å². The lowest BCUT2D eigenvalue weighted by Gasteiger charge is -2.12. The Morgan fingerprint density at radius 3 is 2.46 bits per heavy atom. The van der Waals surface area contributed by atoms with E-state index in [2.05, 4.69) is 4.74 Å². The molecule has 132 valence electrons. The number of carbonyl (C=O) groups excluding carboxylic acids is 1. The molecule has 4 nitrogen and oxygen atoms in total. The molecule has 0 spiro atoms. The van der Waals surface area contributed by atoms with E-state index in [0.717, 1.165) is 18.2 Å². The molecule has 1 aromatic carbocycles. The topological polar surface area (TPSA) is 70.4 Å². The Morgan fingerprint density at radius 2 is 1.96 bits per heavy atom. The van der Waals surface area contributed by atoms with Crippen LogP contribution in [0.25, 0.3) is 0 Å². The van der Waals surface area contributed by atoms with Crippen LogP contribution in [0.2, 0.25) is 0 Å². The first kappa shape index (κ1) is 19.6. The number of nitrogens with one attached hydrogen (secondary N) is 1. The van der Waals surface area contributed by atoms with E-state index in [4.69, 9.17) is 5.41 Å². The summed E-state index contributed by atoms with van der Waals surface area (Å²) in [6.45, 7) is 1.21. The lowest BCUT2D eigenvalue weighted by molar-refractivity contribution is -0.138. The molecule has 1 rings (SSSR count). The minimum absolute atomic E-state index is 0.0290. The lowest BCUT2D eigenvalue weighted by atomic mass is 9.99. The van der Waals surface area contributed by atoms with Gasteiger partial charge in [0.15, 0.2) is 5.76 Å². The third kappa shape index (κ3) is 5.04. The van der Waals surface area contributed by atoms with Crippen molar-refractivity contribution < 1.29 is 36.6 Å². The SMILES string of the molecule is CCOC(=O)C(C(=N)Cc1cccc(C(F)(F)F)c1)=C(O)C(F)F. The van der Waals surface area contributed by atoms with Crippen LogP contribution in [-0.4, -0.2) is 29.8 Å². The fourth-order valence-electron chi connectivity index (χ4n) is 1.84. The van der Waals surface area contributed by atoms with Crippen LogP contribution in [0.15, 0.2) is 35.6 Å². The van der Waals surface area contributed by atoms with Crippen molar-refractivity contribution in [2.24, 2.45) is 0 Å². The Labute approximate surface area is 134 Å². The second kappa shape index (κ2) is 7.89. The van der Waals surface area contributed by atoms with Crippen molar-refractivity contribution in [3.63, 3.8) is 0 Å². The predicted molar refractivity (Wildman–Crippen MR) is 75.2 cm³/mol. The summed E-state index contributed by atoms with van der Waals surface area (Å²) in [5.74, 6) is -2.99. The van der Waals surface area contributed by atoms with Gasteiger partial charge >= 0.3 is 12.1 Å². The molecule has 0 unspecified atom stereocenters. The minimum Gasteiger partial charge on any atom is -0.506 e. The van der Waals surface area contributed by atoms with E-state index in [9.17, 15) is 31.9 Å². The van der Waals surface area contributed by atoms with Gasteiger partial charge in [0, 0.05) is 6.42 Å². The van der Waals surface area contributed by atoms with Crippen molar-refractivity contribution >= 4 is 11.7 Å². The number of ether oxygens (including phenoxy) is 1. The maximum Gasteiger partial charge on any atom is 0.416 e. The van der Waals surface area contributed by atoms with Gasteiger partial charge in [0.2, 0.25) is 0 Å². The van der Waals surface area contributed by atoms with Crippen molar-refractivity contribution in [2.75, 3.05) is 6.61 Å². The molecule has 24 heavy (non-hydrogen) atoms. The van der Waals surface area contributed by atoms with Gasteiger partial charge in [-0.25, -0.2) is 13.6 Å². The van der Waals surface area contributed by atoms with E-state index < -0.39 is 47.6 Å². The highest BCUT2D eigenvalue weighted by Gasteiger charge is 2.31. The summed E-state index contributed by atoms with van der Waals surface area (Å²) in [5, 5.41) is 17.0. The largest absolute Gasteiger partial charge is 0.506 e. The van der Waals surface area contributed by atoms with E-state index in [-0.39, 0.29) is 12.2 Å². The first-order valence-corrected chi connectivity index (χ1v) is 6.70. The third-order valence-electron chi connectivity index (χ3n) is 2.88. The normalized spacial score (nSPS) is 12.8. The fourth-order valence-corrected chi connectivity index (χ4v) is 1.84. The Bertz CT molecular complexity index is 653. The first-order valence-electron chi connectivity index (χ1n) is 6.70. The highest BCUT2D eigenvalue weighted by Crippen LogP contribution is 2.30. The van der Waals surface area contributed by atoms with Gasteiger partial charge in [-0.05, 0) is 18.6 Å². The average molecular weight is 351 g/mol. The molecule has 1 aromatic rings. The zero-order valence-electron chi connectivity index (χ0n) is 12.5. The van der Waals surface area contributed by atoms with Gasteiger partial charge in [-0.3, -0.25) is 0 Å². The molecule has 2 N–H and O–H groups in total. The molecule has 0 aliphatic heterocycles. The van der Waals surface area contributed by atoms with Crippen LogP contribution in [0, 0.1) is 5.41 Å². The van der Waals surface area contributed by atoms with Gasteiger partial charge in [0.05, 0.1) is 17.9 Å². The standard InChI is InChI=1S/C15H14F5NO3/c1-2-24-14(23)11(12(22)13(16)17)10(21)7-8-4-3-5-9(6-8)15(18,19)20/h3-6,13,21-22H,2,7H2,1H3. The zero-order chi connectivity index (χ0) is 18.5. The molecule has 0 aromatic heterocycles. The van der Waals surface area contributed by atoms with Crippen LogP contribution in [0.5, 0.6) is 0 Å². The molecule has 0 aliphatic carbocycles. The summed E-state index contributed by atoms with van der Waals surface area (Å²) in [4.78, 5) is 11.7. The average Bonchev–Trinajstić information content (AvgIpc) is 2.46. The van der Waals surface area contributed by atoms with Crippen LogP contribution in [0.1, 0.15) is 18.1 Å². The lowest BCUT2D eigenvalue weighted by Crippen LogP contribution is -2.22. The number of aliphatic hydroxyl groups is 1. The number of esters is 1. The monoisotopic (exact) mass is 351 g/mol. The van der Waals surface area contributed by atoms with Gasteiger partial charge in [-0.2, -0.15) is 13.2 Å². The van der Waals surface area contributed by atoms with E-state index in [0.29, 0.717) is 0 Å². The van der Waals surface area contributed by atoms with Crippen molar-refractivity contribution in [1.82, 2.24) is 0 Å². The van der Waals surface area contributed by atoms with Crippen LogP contribution < -0.4 is 0 Å². The molecule has 0 amide bonds. The first-order chi connectivity index (χ1) is 11.1. The number of halogens is 5. The summed E-state index contributed by atoms with van der Waals surface area (Å²) in [6.07, 6.45) is -8.59. The van der Waals surface area contributed by atoms with Gasteiger partial charge in [-0.15, -0.1) is 0 Å². The molecule has 0 fully saturated rings. The van der Waals surface area contributed by atoms with Crippen LogP contribution >= 0.6 is 0 Å². The summed E-state index contributed by atoms with van der Waals surface area (Å²) in [7, 11) is 0. The summed E-state index contributed by atoms with van der Waals surface area (Å²) < 4.78 is 67.7. The van der Waals surface area contributed by atoms with Gasteiger partial charge < -0.3 is 15.3 Å². The zero-order valence-corrected chi connectivity index (χ0v) is 12.5. The summed E-state index contributed by atoms with van der Waals surface area (Å²) in [5.41, 5.74) is -2.83. The van der Waals surface area contributed by atoms with E-state index in [1.54, 1.807) is 0 Å². The third-order valence-corrected chi connectivity index (χ3v) is 2.88. The molecule has 0 radical (unpaired) electrons. The minimum atomic E-state index is -4.61. The van der Waals surface area contributed by atoms with Crippen molar-refractivity contribution in [1.29, 1.82) is 5.41 Å². The van der Waals surface area contributed by atoms with E-state index in [1.165, 1.54) is 13.0 Å². The Kier molecular flexibility index (Phi) is 6.44. The highest BCUT2D eigenvalue weighted by atomic mass is 19.4. The highest BCUT2D eigenvalue weighted by molar-refractivity contribution is 6.19. The van der Waals surface area contributed by atoms with Crippen molar-refractivity contribution in [2.45, 2.75) is 25.9 Å². The fraction of sp³-hybridized carbons (Fsp3) is 0.333. The Morgan fingerprint density at radius 1 is 1.33 bits per heavy atom. The molecular formula is C15H14F5NO3. The summed E-state index contributed by atoms with van der Waals surface area (Å²) >= 11 is 0. The Balaban J connectivity index is 3.14. The maximum atomic E-state index is 12.7. The summed E-state index contributed by atoms with van der Waals surface area (Å²) in [6, 6.07) is 3.88. The molecule has 0 saturated carbocycles. The van der Waals surface area contributed by atoms with Gasteiger partial charge in [-0.1, -0.05) is 18.2 Å². The maximum absolute atomic E-state index is 12.7. The molecular weight excluding hydrogens is 337 g/mol. The molecule has 0 heterocycles. The molecule has 0 saturated heterocycles. The van der Waals surface area contributed by atoms with Crippen LogP contribution in [0.3, 0.4) is 0 Å². The van der Waals surface area contributed by atoms with Crippen LogP contribution in [-0.2, 0) is 22.1 Å². The second-order valence-corrected chi connectivity index (χ2v) is 4.63. The van der Waals surface area contributed by atoms with E-state index >= 15 is 0 Å². The number of hydrogen-bond acceptors (Lipinski definition) is 4. The number of aliphatic hydroxyl groups excluding tert-OH is 1. The molecule has 0 aliphatic rings. The second-order valence-electron chi connectivity index (χ2n) is 4.63. The smallest absolute Gasteiger partial charge is 0.416 e. The molecule has 0 bridgehead atoms. The molecule has 9 heteroatoms. The number of allylic oxidation sites excluding steroid dienone is 1. The number of alkyl halides is 5. The van der Waals surface area contributed by atoms with Gasteiger partial charge in [0.1, 0.15) is 5.57 Å².